The van der Waals surface area contributed by atoms with Crippen LogP contribution in [0.2, 0.25) is 0 Å². The van der Waals surface area contributed by atoms with E-state index in [9.17, 15) is 43.2 Å². The normalized spacial score (nSPS) is 13.9. The van der Waals surface area contributed by atoms with Gasteiger partial charge in [-0.2, -0.15) is 0 Å². The molecule has 0 radical (unpaired) electrons. The average Bonchev–Trinajstić information content (AvgIpc) is 0.903. The van der Waals surface area contributed by atoms with Crippen LogP contribution in [0.4, 0.5) is 0 Å². The summed E-state index contributed by atoms with van der Waals surface area (Å²) in [6, 6.07) is 0. The van der Waals surface area contributed by atoms with Crippen LogP contribution in [0.25, 0.3) is 0 Å². The zero-order valence-electron chi connectivity index (χ0n) is 69.8. The Morgan fingerprint density at radius 3 is 0.766 bits per heavy atom. The Kier molecular flexibility index (Phi) is 78.3. The van der Waals surface area contributed by atoms with Crippen LogP contribution in [0, 0.1) is 5.92 Å². The van der Waals surface area contributed by atoms with Crippen molar-refractivity contribution in [3.63, 3.8) is 0 Å². The van der Waals surface area contributed by atoms with E-state index in [1.54, 1.807) is 0 Å². The number of allylic oxidation sites excluding steroid dienone is 4. The zero-order valence-corrected chi connectivity index (χ0v) is 71.6. The van der Waals surface area contributed by atoms with Crippen LogP contribution in [0.15, 0.2) is 24.3 Å². The number of ether oxygens (including phenoxy) is 4. The molecular weight excluding hydrogens is 1390 g/mol. The quantitative estimate of drug-likeness (QED) is 0.0169. The molecule has 0 aromatic carbocycles. The van der Waals surface area contributed by atoms with Gasteiger partial charge in [0.15, 0.2) is 12.2 Å². The van der Waals surface area contributed by atoms with Crippen LogP contribution in [-0.4, -0.2) is 96.7 Å². The predicted molar refractivity (Wildman–Crippen MR) is 441 cm³/mol. The van der Waals surface area contributed by atoms with E-state index in [0.29, 0.717) is 25.7 Å². The third-order valence-corrected chi connectivity index (χ3v) is 22.1. The number of carbonyl (C=O) groups excluding carboxylic acids is 4. The summed E-state index contributed by atoms with van der Waals surface area (Å²) in [7, 11) is -9.94. The highest BCUT2D eigenvalue weighted by Gasteiger charge is 2.30. The number of unbranched alkanes of at least 4 members (excludes halogenated alkanes) is 55. The Morgan fingerprint density at radius 2 is 0.505 bits per heavy atom. The van der Waals surface area contributed by atoms with Gasteiger partial charge < -0.3 is 33.8 Å². The second kappa shape index (κ2) is 80.2. The SMILES string of the molecule is CCCCCC/C=C\C=C/CCCCCCCC(=O)O[C@H](COC(=O)CCCCCCCCCCCCC)COP(=O)(O)OC[C@H](O)COP(=O)(O)OC[C@@H](COC(=O)CCCCCCCCCCCCCCCCCCCCCC)OC(=O)CCCCCCCCCCCCCCCCCCCCC(C)C. The lowest BCUT2D eigenvalue weighted by atomic mass is 10.0. The highest BCUT2D eigenvalue weighted by molar-refractivity contribution is 7.47. The molecule has 632 valence electrons. The van der Waals surface area contributed by atoms with Gasteiger partial charge in [0.25, 0.3) is 0 Å². The molecule has 107 heavy (non-hydrogen) atoms. The Labute approximate surface area is 656 Å². The highest BCUT2D eigenvalue weighted by atomic mass is 31.2. The molecule has 0 saturated carbocycles. The van der Waals surface area contributed by atoms with Crippen LogP contribution in [-0.2, 0) is 65.4 Å². The fraction of sp³-hybridized carbons (Fsp3) is 0.909. The van der Waals surface area contributed by atoms with Crippen molar-refractivity contribution >= 4 is 39.5 Å². The molecule has 0 saturated heterocycles. The van der Waals surface area contributed by atoms with E-state index in [1.807, 2.05) is 0 Å². The molecule has 2 unspecified atom stereocenters. The van der Waals surface area contributed by atoms with Crippen molar-refractivity contribution in [2.75, 3.05) is 39.6 Å². The maximum absolute atomic E-state index is 13.2. The summed E-state index contributed by atoms with van der Waals surface area (Å²) in [6.07, 6.45) is 77.2. The third kappa shape index (κ3) is 81.4. The van der Waals surface area contributed by atoms with Gasteiger partial charge in [-0.05, 0) is 57.3 Å². The van der Waals surface area contributed by atoms with Crippen LogP contribution in [0.1, 0.15) is 452 Å². The monoisotopic (exact) mass is 1560 g/mol. The molecule has 0 aliphatic carbocycles. The van der Waals surface area contributed by atoms with Crippen LogP contribution in [0.5, 0.6) is 0 Å². The molecule has 0 amide bonds. The molecular formula is C88H168O17P2. The standard InChI is InChI=1S/C88H168O17P2/c1-6-9-12-15-18-21-24-26-28-29-30-31-35-39-42-47-52-57-62-67-72-86(91)99-78-84(105-88(93)74-69-64-59-54-49-44-40-36-33-32-34-38-41-46-50-55-60-65-70-81(4)5)80-103-107(96,97)101-76-82(89)75-100-106(94,95)102-79-83(77-98-85(90)71-66-61-56-51-45-23-20-17-14-11-8-3)104-87(92)73-68-63-58-53-48-43-37-27-25-22-19-16-13-10-7-2/h22,25,27,37,81-84,89H,6-21,23-24,26,28-36,38-80H2,1-5H3,(H,94,95)(H,96,97)/b25-22-,37-27-/t82-,83+,84+/m0/s1. The topological polar surface area (TPSA) is 237 Å². The third-order valence-electron chi connectivity index (χ3n) is 20.2. The Balaban J connectivity index is 5.26. The van der Waals surface area contributed by atoms with Gasteiger partial charge in [0.2, 0.25) is 0 Å². The zero-order chi connectivity index (χ0) is 78.3. The predicted octanol–water partition coefficient (Wildman–Crippen LogP) is 26.7. The number of hydrogen-bond donors (Lipinski definition) is 3. The molecule has 5 atom stereocenters. The van der Waals surface area contributed by atoms with E-state index >= 15 is 0 Å². The second-order valence-electron chi connectivity index (χ2n) is 31.4. The lowest BCUT2D eigenvalue weighted by Gasteiger charge is -2.21. The minimum Gasteiger partial charge on any atom is -0.462 e. The van der Waals surface area contributed by atoms with Gasteiger partial charge in [-0.25, -0.2) is 9.13 Å². The van der Waals surface area contributed by atoms with Gasteiger partial charge in [-0.15, -0.1) is 0 Å². The summed E-state index contributed by atoms with van der Waals surface area (Å²) in [5.74, 6) is -1.31. The van der Waals surface area contributed by atoms with E-state index in [4.69, 9.17) is 37.0 Å². The van der Waals surface area contributed by atoms with Crippen molar-refractivity contribution in [1.29, 1.82) is 0 Å². The number of hydrogen-bond acceptors (Lipinski definition) is 15. The van der Waals surface area contributed by atoms with Gasteiger partial charge >= 0.3 is 39.5 Å². The largest absolute Gasteiger partial charge is 0.472 e. The first-order valence-corrected chi connectivity index (χ1v) is 47.9. The number of esters is 4. The number of aliphatic hydroxyl groups is 1. The summed E-state index contributed by atoms with van der Waals surface area (Å²) < 4.78 is 68.9. The van der Waals surface area contributed by atoms with E-state index in [0.717, 1.165) is 109 Å². The summed E-state index contributed by atoms with van der Waals surface area (Å²) in [5.41, 5.74) is 0. The van der Waals surface area contributed by atoms with E-state index in [-0.39, 0.29) is 25.7 Å². The van der Waals surface area contributed by atoms with Crippen molar-refractivity contribution in [1.82, 2.24) is 0 Å². The molecule has 0 aromatic heterocycles. The minimum absolute atomic E-state index is 0.0858. The van der Waals surface area contributed by atoms with Crippen molar-refractivity contribution in [2.24, 2.45) is 5.92 Å². The van der Waals surface area contributed by atoms with Crippen LogP contribution < -0.4 is 0 Å². The lowest BCUT2D eigenvalue weighted by Crippen LogP contribution is -2.30. The number of rotatable bonds is 86. The van der Waals surface area contributed by atoms with E-state index in [1.165, 1.54) is 263 Å². The summed E-state index contributed by atoms with van der Waals surface area (Å²) in [6.45, 7) is 7.34. The molecule has 0 spiro atoms. The fourth-order valence-electron chi connectivity index (χ4n) is 13.3. The highest BCUT2D eigenvalue weighted by Crippen LogP contribution is 2.45. The summed E-state index contributed by atoms with van der Waals surface area (Å²) >= 11 is 0. The van der Waals surface area contributed by atoms with Crippen molar-refractivity contribution in [2.45, 2.75) is 470 Å². The number of phosphoric ester groups is 2. The van der Waals surface area contributed by atoms with Gasteiger partial charge in [0, 0.05) is 25.7 Å². The molecule has 0 aromatic rings. The molecule has 0 aliphatic heterocycles. The van der Waals surface area contributed by atoms with Crippen LogP contribution in [0.3, 0.4) is 0 Å². The number of phosphoric acid groups is 2. The van der Waals surface area contributed by atoms with Crippen LogP contribution >= 0.6 is 15.6 Å². The average molecular weight is 1560 g/mol. The molecule has 17 nitrogen and oxygen atoms in total. The van der Waals surface area contributed by atoms with E-state index in [2.05, 4.69) is 58.9 Å². The summed E-state index contributed by atoms with van der Waals surface area (Å²) in [5, 5.41) is 10.7. The first-order chi connectivity index (χ1) is 52.0. The van der Waals surface area contributed by atoms with Crippen molar-refractivity contribution in [3.05, 3.63) is 24.3 Å². The number of aliphatic hydroxyl groups excluding tert-OH is 1. The van der Waals surface area contributed by atoms with Gasteiger partial charge in [0.05, 0.1) is 26.4 Å². The lowest BCUT2D eigenvalue weighted by molar-refractivity contribution is -0.161. The Bertz CT molecular complexity index is 2130. The van der Waals surface area contributed by atoms with Gasteiger partial charge in [-0.3, -0.25) is 37.3 Å². The Morgan fingerprint density at radius 1 is 0.290 bits per heavy atom. The molecule has 0 bridgehead atoms. The molecule has 3 N–H and O–H groups in total. The maximum atomic E-state index is 13.2. The van der Waals surface area contributed by atoms with Gasteiger partial charge in [0.1, 0.15) is 19.3 Å². The summed E-state index contributed by atoms with van der Waals surface area (Å²) in [4.78, 5) is 73.2. The first kappa shape index (κ1) is 105. The smallest absolute Gasteiger partial charge is 0.462 e. The Hall–Kier alpha value is -2.46. The molecule has 0 heterocycles. The molecule has 0 fully saturated rings. The van der Waals surface area contributed by atoms with Crippen molar-refractivity contribution in [3.8, 4) is 0 Å². The fourth-order valence-corrected chi connectivity index (χ4v) is 14.9. The van der Waals surface area contributed by atoms with E-state index < -0.39 is 97.5 Å². The molecule has 0 rings (SSSR count). The second-order valence-corrected chi connectivity index (χ2v) is 34.3. The molecule has 0 aliphatic rings. The first-order valence-electron chi connectivity index (χ1n) is 45.0. The molecule has 19 heteroatoms. The van der Waals surface area contributed by atoms with Crippen molar-refractivity contribution < 1.29 is 80.2 Å². The maximum Gasteiger partial charge on any atom is 0.472 e. The van der Waals surface area contributed by atoms with Gasteiger partial charge in [-0.1, -0.05) is 399 Å². The number of carbonyl (C=O) groups is 4. The minimum atomic E-state index is -4.97.